The normalized spacial score (nSPS) is 12.4. The molecule has 1 atom stereocenters. The number of rotatable bonds is 2. The van der Waals surface area contributed by atoms with Crippen molar-refractivity contribution < 1.29 is 5.11 Å². The van der Waals surface area contributed by atoms with E-state index < -0.39 is 6.10 Å². The summed E-state index contributed by atoms with van der Waals surface area (Å²) in [6.07, 6.45) is -0.588. The van der Waals surface area contributed by atoms with Crippen LogP contribution in [0.3, 0.4) is 0 Å². The molecule has 2 aromatic rings. The van der Waals surface area contributed by atoms with Gasteiger partial charge in [-0.25, -0.2) is 0 Å². The number of benzene rings is 2. The first-order chi connectivity index (χ1) is 8.08. The fourth-order valence-electron chi connectivity index (χ4n) is 1.81. The number of aryl methyl sites for hydroxylation is 2. The fourth-order valence-corrected chi connectivity index (χ4v) is 1.81. The lowest BCUT2D eigenvalue weighted by molar-refractivity contribution is 0.220. The van der Waals surface area contributed by atoms with E-state index in [-0.39, 0.29) is 0 Å². The Morgan fingerprint density at radius 2 is 1.47 bits per heavy atom. The Morgan fingerprint density at radius 3 is 2.06 bits per heavy atom. The molecule has 17 heavy (non-hydrogen) atoms. The van der Waals surface area contributed by atoms with E-state index in [9.17, 15) is 5.11 Å². The van der Waals surface area contributed by atoms with Gasteiger partial charge in [-0.15, -0.1) is 0 Å². The quantitative estimate of drug-likeness (QED) is 0.775. The fraction of sp³-hybridized carbons (Fsp3) is 0.200. The maximum atomic E-state index is 10.3. The van der Waals surface area contributed by atoms with Gasteiger partial charge in [-0.2, -0.15) is 0 Å². The molecular formula is C15H17NO. The summed E-state index contributed by atoms with van der Waals surface area (Å²) in [6, 6.07) is 13.3. The molecular weight excluding hydrogens is 210 g/mol. The van der Waals surface area contributed by atoms with Crippen molar-refractivity contribution in [2.75, 3.05) is 5.73 Å². The van der Waals surface area contributed by atoms with Crippen LogP contribution in [0.5, 0.6) is 0 Å². The van der Waals surface area contributed by atoms with Gasteiger partial charge in [0.15, 0.2) is 0 Å². The lowest BCUT2D eigenvalue weighted by Crippen LogP contribution is -2.00. The monoisotopic (exact) mass is 227 g/mol. The van der Waals surface area contributed by atoms with Crippen molar-refractivity contribution >= 4 is 5.69 Å². The number of nitrogen functional groups attached to an aromatic ring is 1. The molecule has 0 saturated heterocycles. The largest absolute Gasteiger partial charge is 0.399 e. The minimum absolute atomic E-state index is 0.588. The van der Waals surface area contributed by atoms with Crippen molar-refractivity contribution in [2.24, 2.45) is 0 Å². The highest BCUT2D eigenvalue weighted by Gasteiger charge is 2.10. The van der Waals surface area contributed by atoms with Gasteiger partial charge in [0.1, 0.15) is 6.10 Å². The Hall–Kier alpha value is -1.80. The summed E-state index contributed by atoms with van der Waals surface area (Å²) in [5, 5.41) is 10.3. The van der Waals surface area contributed by atoms with E-state index in [1.165, 1.54) is 11.1 Å². The highest BCUT2D eigenvalue weighted by Crippen LogP contribution is 2.24. The van der Waals surface area contributed by atoms with Gasteiger partial charge >= 0.3 is 0 Å². The molecule has 0 aliphatic rings. The predicted molar refractivity (Wildman–Crippen MR) is 70.8 cm³/mol. The second kappa shape index (κ2) is 4.60. The molecule has 0 amide bonds. The summed E-state index contributed by atoms with van der Waals surface area (Å²) in [5.41, 5.74) is 10.5. The molecule has 0 fully saturated rings. The second-order valence-electron chi connectivity index (χ2n) is 4.41. The maximum Gasteiger partial charge on any atom is 0.104 e. The average molecular weight is 227 g/mol. The van der Waals surface area contributed by atoms with Crippen molar-refractivity contribution in [3.8, 4) is 0 Å². The Morgan fingerprint density at radius 1 is 0.882 bits per heavy atom. The lowest BCUT2D eigenvalue weighted by Gasteiger charge is -2.13. The van der Waals surface area contributed by atoms with E-state index in [0.717, 1.165) is 11.1 Å². The Bertz CT molecular complexity index is 517. The number of hydrogen-bond donors (Lipinski definition) is 2. The van der Waals surface area contributed by atoms with Gasteiger partial charge in [-0.1, -0.05) is 30.3 Å². The summed E-state index contributed by atoms with van der Waals surface area (Å²) in [5.74, 6) is 0. The second-order valence-corrected chi connectivity index (χ2v) is 4.41. The first kappa shape index (κ1) is 11.7. The number of hydrogen-bond acceptors (Lipinski definition) is 2. The molecule has 2 aromatic carbocycles. The van der Waals surface area contributed by atoms with E-state index in [0.29, 0.717) is 5.69 Å². The molecule has 2 nitrogen and oxygen atoms in total. The zero-order valence-electron chi connectivity index (χ0n) is 10.1. The van der Waals surface area contributed by atoms with Gasteiger partial charge in [0.2, 0.25) is 0 Å². The van der Waals surface area contributed by atoms with Gasteiger partial charge in [0.05, 0.1) is 0 Å². The first-order valence-electron chi connectivity index (χ1n) is 5.68. The molecule has 3 N–H and O–H groups in total. The first-order valence-corrected chi connectivity index (χ1v) is 5.68. The molecule has 0 aliphatic carbocycles. The van der Waals surface area contributed by atoms with Crippen LogP contribution in [-0.2, 0) is 0 Å². The van der Waals surface area contributed by atoms with Crippen molar-refractivity contribution in [2.45, 2.75) is 20.0 Å². The molecule has 0 radical (unpaired) electrons. The van der Waals surface area contributed by atoms with Crippen LogP contribution in [0.1, 0.15) is 28.4 Å². The zero-order chi connectivity index (χ0) is 12.4. The van der Waals surface area contributed by atoms with Gasteiger partial charge in [-0.05, 0) is 48.2 Å². The van der Waals surface area contributed by atoms with Crippen molar-refractivity contribution in [3.05, 3.63) is 64.7 Å². The van der Waals surface area contributed by atoms with E-state index in [2.05, 4.69) is 13.8 Å². The van der Waals surface area contributed by atoms with Gasteiger partial charge in [-0.3, -0.25) is 0 Å². The van der Waals surface area contributed by atoms with Crippen molar-refractivity contribution in [1.29, 1.82) is 0 Å². The molecule has 0 aliphatic heterocycles. The molecule has 2 heteroatoms. The Balaban J connectivity index is 2.33. The average Bonchev–Trinajstić information content (AvgIpc) is 2.33. The maximum absolute atomic E-state index is 10.3. The minimum Gasteiger partial charge on any atom is -0.399 e. The van der Waals surface area contributed by atoms with Gasteiger partial charge in [0.25, 0.3) is 0 Å². The molecule has 0 bridgehead atoms. The standard InChI is InChI=1S/C15H17NO/c1-10-3-4-13(9-11(10)2)15(17)12-5-7-14(16)8-6-12/h3-9,15,17H,16H2,1-2H3/t15-/m0/s1. The van der Waals surface area contributed by atoms with Crippen LogP contribution < -0.4 is 5.73 Å². The summed E-state index contributed by atoms with van der Waals surface area (Å²) in [7, 11) is 0. The van der Waals surface area contributed by atoms with Crippen molar-refractivity contribution in [1.82, 2.24) is 0 Å². The van der Waals surface area contributed by atoms with Crippen molar-refractivity contribution in [3.63, 3.8) is 0 Å². The van der Waals surface area contributed by atoms with Crippen LogP contribution in [0.25, 0.3) is 0 Å². The topological polar surface area (TPSA) is 46.2 Å². The van der Waals surface area contributed by atoms with Crippen LogP contribution in [0.4, 0.5) is 5.69 Å². The van der Waals surface area contributed by atoms with Crippen LogP contribution >= 0.6 is 0 Å². The minimum atomic E-state index is -0.588. The third-order valence-electron chi connectivity index (χ3n) is 3.10. The predicted octanol–water partition coefficient (Wildman–Crippen LogP) is 2.97. The van der Waals surface area contributed by atoms with Crippen LogP contribution in [-0.4, -0.2) is 5.11 Å². The van der Waals surface area contributed by atoms with E-state index >= 15 is 0 Å². The molecule has 0 unspecified atom stereocenters. The highest BCUT2D eigenvalue weighted by atomic mass is 16.3. The third-order valence-corrected chi connectivity index (χ3v) is 3.10. The smallest absolute Gasteiger partial charge is 0.104 e. The molecule has 2 rings (SSSR count). The van der Waals surface area contributed by atoms with E-state index in [4.69, 9.17) is 5.73 Å². The van der Waals surface area contributed by atoms with Gasteiger partial charge < -0.3 is 10.8 Å². The molecule has 0 heterocycles. The summed E-state index contributed by atoms with van der Waals surface area (Å²) >= 11 is 0. The summed E-state index contributed by atoms with van der Waals surface area (Å²) in [4.78, 5) is 0. The molecule has 0 spiro atoms. The zero-order valence-corrected chi connectivity index (χ0v) is 10.1. The Kier molecular flexibility index (Phi) is 3.16. The van der Waals surface area contributed by atoms with Gasteiger partial charge in [0, 0.05) is 5.69 Å². The summed E-state index contributed by atoms with van der Waals surface area (Å²) < 4.78 is 0. The number of aliphatic hydroxyl groups is 1. The summed E-state index contributed by atoms with van der Waals surface area (Å²) in [6.45, 7) is 4.11. The molecule has 0 aromatic heterocycles. The van der Waals surface area contributed by atoms with E-state index in [1.807, 2.05) is 30.3 Å². The van der Waals surface area contributed by atoms with Crippen LogP contribution in [0.2, 0.25) is 0 Å². The molecule has 0 saturated carbocycles. The van der Waals surface area contributed by atoms with Crippen LogP contribution in [0, 0.1) is 13.8 Å². The number of anilines is 1. The number of nitrogens with two attached hydrogens (primary N) is 1. The number of aliphatic hydroxyl groups excluding tert-OH is 1. The SMILES string of the molecule is Cc1ccc([C@@H](O)c2ccc(N)cc2)cc1C. The lowest BCUT2D eigenvalue weighted by atomic mass is 9.98. The molecule has 88 valence electrons. The van der Waals surface area contributed by atoms with Crippen LogP contribution in [0.15, 0.2) is 42.5 Å². The third kappa shape index (κ3) is 2.48. The Labute approximate surface area is 102 Å². The highest BCUT2D eigenvalue weighted by molar-refractivity contribution is 5.42. The van der Waals surface area contributed by atoms with E-state index in [1.54, 1.807) is 12.1 Å².